The SMILES string of the molecule is Cc1nc2ncnn2c(NC2CCCC2)c1C. The van der Waals surface area contributed by atoms with Gasteiger partial charge in [-0.1, -0.05) is 12.8 Å². The first-order valence-electron chi connectivity index (χ1n) is 6.19. The van der Waals surface area contributed by atoms with Crippen molar-refractivity contribution in [1.82, 2.24) is 19.6 Å². The van der Waals surface area contributed by atoms with Crippen molar-refractivity contribution in [1.29, 1.82) is 0 Å². The lowest BCUT2D eigenvalue weighted by molar-refractivity contribution is 0.737. The van der Waals surface area contributed by atoms with E-state index in [4.69, 9.17) is 0 Å². The van der Waals surface area contributed by atoms with Crippen molar-refractivity contribution >= 4 is 11.6 Å². The summed E-state index contributed by atoms with van der Waals surface area (Å²) in [5.74, 6) is 1.73. The molecule has 0 spiro atoms. The molecule has 0 amide bonds. The van der Waals surface area contributed by atoms with Crippen molar-refractivity contribution in [2.75, 3.05) is 5.32 Å². The minimum Gasteiger partial charge on any atom is -0.367 e. The number of fused-ring (bicyclic) bond motifs is 1. The zero-order valence-electron chi connectivity index (χ0n) is 10.3. The monoisotopic (exact) mass is 231 g/mol. The Labute approximate surface area is 100 Å². The van der Waals surface area contributed by atoms with Crippen molar-refractivity contribution in [3.63, 3.8) is 0 Å². The first-order valence-corrected chi connectivity index (χ1v) is 6.19. The van der Waals surface area contributed by atoms with Crippen molar-refractivity contribution in [2.45, 2.75) is 45.6 Å². The van der Waals surface area contributed by atoms with Crippen LogP contribution in [0.3, 0.4) is 0 Å². The Morgan fingerprint density at radius 3 is 2.82 bits per heavy atom. The van der Waals surface area contributed by atoms with E-state index >= 15 is 0 Å². The molecular weight excluding hydrogens is 214 g/mol. The fourth-order valence-corrected chi connectivity index (χ4v) is 2.47. The van der Waals surface area contributed by atoms with Crippen LogP contribution in [-0.4, -0.2) is 25.6 Å². The molecular formula is C12H17N5. The Bertz CT molecular complexity index is 539. The molecule has 2 aromatic heterocycles. The Kier molecular flexibility index (Phi) is 2.46. The maximum Gasteiger partial charge on any atom is 0.254 e. The van der Waals surface area contributed by atoms with Gasteiger partial charge >= 0.3 is 0 Å². The highest BCUT2D eigenvalue weighted by Crippen LogP contribution is 2.25. The van der Waals surface area contributed by atoms with E-state index in [1.807, 2.05) is 6.92 Å². The summed E-state index contributed by atoms with van der Waals surface area (Å²) in [4.78, 5) is 8.58. The van der Waals surface area contributed by atoms with Crippen molar-refractivity contribution in [2.24, 2.45) is 0 Å². The number of hydrogen-bond donors (Lipinski definition) is 1. The topological polar surface area (TPSA) is 55.1 Å². The first-order chi connectivity index (χ1) is 8.25. The molecule has 0 unspecified atom stereocenters. The van der Waals surface area contributed by atoms with Gasteiger partial charge in [0.1, 0.15) is 12.1 Å². The number of aryl methyl sites for hydroxylation is 1. The van der Waals surface area contributed by atoms with E-state index in [-0.39, 0.29) is 0 Å². The third-order valence-corrected chi connectivity index (χ3v) is 3.60. The highest BCUT2D eigenvalue weighted by atomic mass is 15.4. The Morgan fingerprint density at radius 1 is 1.29 bits per heavy atom. The summed E-state index contributed by atoms with van der Waals surface area (Å²) < 4.78 is 1.81. The van der Waals surface area contributed by atoms with Gasteiger partial charge in [0.25, 0.3) is 5.78 Å². The van der Waals surface area contributed by atoms with E-state index in [0.717, 1.165) is 17.1 Å². The lowest BCUT2D eigenvalue weighted by atomic mass is 10.2. The summed E-state index contributed by atoms with van der Waals surface area (Å²) in [7, 11) is 0. The van der Waals surface area contributed by atoms with Crippen LogP contribution in [0.1, 0.15) is 36.9 Å². The van der Waals surface area contributed by atoms with Crippen LogP contribution in [0.25, 0.3) is 5.78 Å². The average molecular weight is 231 g/mol. The van der Waals surface area contributed by atoms with Gasteiger partial charge in [0, 0.05) is 17.3 Å². The summed E-state index contributed by atoms with van der Waals surface area (Å²) in [5, 5.41) is 7.84. The zero-order valence-corrected chi connectivity index (χ0v) is 10.3. The third-order valence-electron chi connectivity index (χ3n) is 3.60. The second-order valence-electron chi connectivity index (χ2n) is 4.77. The van der Waals surface area contributed by atoms with E-state index in [2.05, 4.69) is 27.3 Å². The van der Waals surface area contributed by atoms with Crippen LogP contribution in [0.15, 0.2) is 6.33 Å². The van der Waals surface area contributed by atoms with Crippen molar-refractivity contribution < 1.29 is 0 Å². The quantitative estimate of drug-likeness (QED) is 0.860. The van der Waals surface area contributed by atoms with Gasteiger partial charge in [0.15, 0.2) is 0 Å². The minimum absolute atomic E-state index is 0.572. The number of nitrogens with one attached hydrogen (secondary N) is 1. The van der Waals surface area contributed by atoms with Crippen LogP contribution in [-0.2, 0) is 0 Å². The molecule has 3 rings (SSSR count). The smallest absolute Gasteiger partial charge is 0.254 e. The number of nitrogens with zero attached hydrogens (tertiary/aromatic N) is 4. The molecule has 5 heteroatoms. The number of anilines is 1. The molecule has 90 valence electrons. The molecule has 1 aliphatic rings. The average Bonchev–Trinajstić information content (AvgIpc) is 2.94. The lowest BCUT2D eigenvalue weighted by Gasteiger charge is -2.17. The molecule has 2 heterocycles. The molecule has 0 aromatic carbocycles. The summed E-state index contributed by atoms with van der Waals surface area (Å²) in [6, 6.07) is 0.572. The van der Waals surface area contributed by atoms with E-state index in [1.54, 1.807) is 10.8 Å². The van der Waals surface area contributed by atoms with E-state index in [0.29, 0.717) is 11.8 Å². The molecule has 1 saturated carbocycles. The van der Waals surface area contributed by atoms with Crippen LogP contribution in [0.2, 0.25) is 0 Å². The summed E-state index contributed by atoms with van der Waals surface area (Å²) in [6.07, 6.45) is 6.69. The van der Waals surface area contributed by atoms with Crippen LogP contribution in [0.5, 0.6) is 0 Å². The largest absolute Gasteiger partial charge is 0.367 e. The zero-order chi connectivity index (χ0) is 11.8. The molecule has 0 saturated heterocycles. The molecule has 2 aromatic rings. The van der Waals surface area contributed by atoms with Crippen LogP contribution >= 0.6 is 0 Å². The highest BCUT2D eigenvalue weighted by Gasteiger charge is 2.18. The Morgan fingerprint density at radius 2 is 2.06 bits per heavy atom. The van der Waals surface area contributed by atoms with Gasteiger partial charge in [0.2, 0.25) is 0 Å². The number of hydrogen-bond acceptors (Lipinski definition) is 4. The van der Waals surface area contributed by atoms with Crippen LogP contribution < -0.4 is 5.32 Å². The molecule has 0 aliphatic heterocycles. The summed E-state index contributed by atoms with van der Waals surface area (Å²) >= 11 is 0. The molecule has 0 atom stereocenters. The second kappa shape index (κ2) is 3.98. The van der Waals surface area contributed by atoms with Gasteiger partial charge < -0.3 is 5.32 Å². The van der Waals surface area contributed by atoms with E-state index < -0.39 is 0 Å². The molecule has 0 bridgehead atoms. The van der Waals surface area contributed by atoms with Crippen molar-refractivity contribution in [3.8, 4) is 0 Å². The molecule has 0 radical (unpaired) electrons. The number of aromatic nitrogens is 4. The Balaban J connectivity index is 2.05. The highest BCUT2D eigenvalue weighted by molar-refractivity contribution is 5.52. The summed E-state index contributed by atoms with van der Waals surface area (Å²) in [6.45, 7) is 4.10. The fraction of sp³-hybridized carbons (Fsp3) is 0.583. The van der Waals surface area contributed by atoms with Gasteiger partial charge in [-0.05, 0) is 26.7 Å². The molecule has 5 nitrogen and oxygen atoms in total. The minimum atomic E-state index is 0.572. The van der Waals surface area contributed by atoms with Gasteiger partial charge in [-0.3, -0.25) is 0 Å². The predicted octanol–water partition coefficient (Wildman–Crippen LogP) is 2.10. The molecule has 1 fully saturated rings. The molecule has 17 heavy (non-hydrogen) atoms. The first kappa shape index (κ1) is 10.5. The van der Waals surface area contributed by atoms with Gasteiger partial charge in [-0.15, -0.1) is 0 Å². The van der Waals surface area contributed by atoms with Gasteiger partial charge in [-0.2, -0.15) is 14.6 Å². The predicted molar refractivity (Wildman–Crippen MR) is 66.1 cm³/mol. The van der Waals surface area contributed by atoms with E-state index in [9.17, 15) is 0 Å². The standard InChI is InChI=1S/C12H17N5/c1-8-9(2)15-12-13-7-14-17(12)11(8)16-10-5-3-4-6-10/h7,10,16H,3-6H2,1-2H3. The maximum absolute atomic E-state index is 4.42. The van der Waals surface area contributed by atoms with Gasteiger partial charge in [-0.25, -0.2) is 4.98 Å². The van der Waals surface area contributed by atoms with Crippen LogP contribution in [0, 0.1) is 13.8 Å². The van der Waals surface area contributed by atoms with Crippen LogP contribution in [0.4, 0.5) is 5.82 Å². The third kappa shape index (κ3) is 1.75. The lowest BCUT2D eigenvalue weighted by Crippen LogP contribution is -2.19. The maximum atomic E-state index is 4.42. The molecule has 1 aliphatic carbocycles. The normalized spacial score (nSPS) is 16.8. The molecule has 1 N–H and O–H groups in total. The Hall–Kier alpha value is -1.65. The van der Waals surface area contributed by atoms with Crippen molar-refractivity contribution in [3.05, 3.63) is 17.6 Å². The van der Waals surface area contributed by atoms with E-state index in [1.165, 1.54) is 25.7 Å². The summed E-state index contributed by atoms with van der Waals surface area (Å²) in [5.41, 5.74) is 2.18. The fourth-order valence-electron chi connectivity index (χ4n) is 2.47. The van der Waals surface area contributed by atoms with Gasteiger partial charge in [0.05, 0.1) is 0 Å². The second-order valence-corrected chi connectivity index (χ2v) is 4.77. The number of rotatable bonds is 2.